The maximum absolute atomic E-state index is 12.5. The Kier molecular flexibility index (Phi) is 3.85. The van der Waals surface area contributed by atoms with Gasteiger partial charge in [-0.2, -0.15) is 5.10 Å². The van der Waals surface area contributed by atoms with E-state index in [1.54, 1.807) is 15.6 Å². The van der Waals surface area contributed by atoms with Crippen LogP contribution in [-0.2, 0) is 11.3 Å². The van der Waals surface area contributed by atoms with Crippen LogP contribution in [0.2, 0.25) is 0 Å². The SMILES string of the molecule is Cc1cc(N)n(CC(=O)N2CC(N)C(c3ccccc3)C2)n1. The summed E-state index contributed by atoms with van der Waals surface area (Å²) in [6.45, 7) is 3.23. The first-order chi connectivity index (χ1) is 10.5. The number of carbonyl (C=O) groups is 1. The molecule has 6 heteroatoms. The molecular weight excluding hydrogens is 278 g/mol. The summed E-state index contributed by atoms with van der Waals surface area (Å²) in [6.07, 6.45) is 0. The molecule has 1 aliphatic heterocycles. The van der Waals surface area contributed by atoms with Gasteiger partial charge in [0.2, 0.25) is 5.91 Å². The van der Waals surface area contributed by atoms with E-state index in [0.29, 0.717) is 18.9 Å². The number of rotatable bonds is 3. The van der Waals surface area contributed by atoms with Crippen molar-refractivity contribution in [1.82, 2.24) is 14.7 Å². The monoisotopic (exact) mass is 299 g/mol. The molecule has 0 aliphatic carbocycles. The summed E-state index contributed by atoms with van der Waals surface area (Å²) in [7, 11) is 0. The third kappa shape index (κ3) is 2.82. The second-order valence-corrected chi connectivity index (χ2v) is 5.85. The fourth-order valence-electron chi connectivity index (χ4n) is 3.01. The van der Waals surface area contributed by atoms with Gasteiger partial charge in [-0.25, -0.2) is 4.68 Å². The lowest BCUT2D eigenvalue weighted by molar-refractivity contribution is -0.131. The Labute approximate surface area is 129 Å². The van der Waals surface area contributed by atoms with Crippen LogP contribution in [0.1, 0.15) is 17.2 Å². The number of amides is 1. The average molecular weight is 299 g/mol. The predicted octanol–water partition coefficient (Wildman–Crippen LogP) is 0.727. The van der Waals surface area contributed by atoms with E-state index in [1.807, 2.05) is 25.1 Å². The van der Waals surface area contributed by atoms with Crippen molar-refractivity contribution in [3.63, 3.8) is 0 Å². The number of carbonyl (C=O) groups excluding carboxylic acids is 1. The molecule has 0 saturated carbocycles. The highest BCUT2D eigenvalue weighted by Gasteiger charge is 2.33. The minimum atomic E-state index is -0.0388. The van der Waals surface area contributed by atoms with Gasteiger partial charge in [0.25, 0.3) is 0 Å². The molecule has 6 nitrogen and oxygen atoms in total. The van der Waals surface area contributed by atoms with Crippen molar-refractivity contribution >= 4 is 11.7 Å². The minimum Gasteiger partial charge on any atom is -0.384 e. The molecule has 1 fully saturated rings. The molecule has 4 N–H and O–H groups in total. The molecule has 1 aliphatic rings. The number of nitrogens with two attached hydrogens (primary N) is 2. The molecule has 2 aromatic rings. The highest BCUT2D eigenvalue weighted by Crippen LogP contribution is 2.26. The molecule has 1 amide bonds. The summed E-state index contributed by atoms with van der Waals surface area (Å²) >= 11 is 0. The van der Waals surface area contributed by atoms with Gasteiger partial charge in [0.1, 0.15) is 12.4 Å². The second kappa shape index (κ2) is 5.81. The smallest absolute Gasteiger partial charge is 0.244 e. The number of hydrogen-bond donors (Lipinski definition) is 2. The zero-order valence-electron chi connectivity index (χ0n) is 12.6. The van der Waals surface area contributed by atoms with E-state index in [2.05, 4.69) is 17.2 Å². The number of hydrogen-bond acceptors (Lipinski definition) is 4. The van der Waals surface area contributed by atoms with E-state index in [1.165, 1.54) is 5.56 Å². The van der Waals surface area contributed by atoms with E-state index in [-0.39, 0.29) is 24.4 Å². The summed E-state index contributed by atoms with van der Waals surface area (Å²) < 4.78 is 1.54. The Balaban J connectivity index is 1.69. The molecule has 0 spiro atoms. The molecule has 3 rings (SSSR count). The van der Waals surface area contributed by atoms with Gasteiger partial charge in [0, 0.05) is 31.1 Å². The van der Waals surface area contributed by atoms with Crippen LogP contribution >= 0.6 is 0 Å². The van der Waals surface area contributed by atoms with Crippen LogP contribution < -0.4 is 11.5 Å². The highest BCUT2D eigenvalue weighted by atomic mass is 16.2. The Morgan fingerprint density at radius 2 is 2.05 bits per heavy atom. The summed E-state index contributed by atoms with van der Waals surface area (Å²) in [4.78, 5) is 14.3. The summed E-state index contributed by atoms with van der Waals surface area (Å²) in [5, 5.41) is 4.23. The number of benzene rings is 1. The van der Waals surface area contributed by atoms with E-state index in [0.717, 1.165) is 5.69 Å². The Bertz CT molecular complexity index is 666. The van der Waals surface area contributed by atoms with Crippen LogP contribution in [0.5, 0.6) is 0 Å². The summed E-state index contributed by atoms with van der Waals surface area (Å²) in [5.74, 6) is 0.694. The number of nitrogen functional groups attached to an aromatic ring is 1. The molecule has 0 radical (unpaired) electrons. The third-order valence-electron chi connectivity index (χ3n) is 4.16. The van der Waals surface area contributed by atoms with Crippen molar-refractivity contribution in [3.05, 3.63) is 47.7 Å². The van der Waals surface area contributed by atoms with Gasteiger partial charge >= 0.3 is 0 Å². The topological polar surface area (TPSA) is 90.2 Å². The zero-order chi connectivity index (χ0) is 15.7. The van der Waals surface area contributed by atoms with Gasteiger partial charge in [0.15, 0.2) is 0 Å². The average Bonchev–Trinajstić information content (AvgIpc) is 3.03. The van der Waals surface area contributed by atoms with Crippen LogP contribution in [0.4, 0.5) is 5.82 Å². The molecule has 116 valence electrons. The first-order valence-electron chi connectivity index (χ1n) is 7.43. The van der Waals surface area contributed by atoms with Crippen LogP contribution in [0.3, 0.4) is 0 Å². The fourth-order valence-corrected chi connectivity index (χ4v) is 3.01. The standard InChI is InChI=1S/C16H21N5O/c1-11-7-15(18)21(19-11)10-16(22)20-8-13(14(17)9-20)12-5-3-2-4-6-12/h2-7,13-14H,8-10,17-18H2,1H3. The number of anilines is 1. The van der Waals surface area contributed by atoms with Gasteiger partial charge in [0.05, 0.1) is 5.69 Å². The lowest BCUT2D eigenvalue weighted by Crippen LogP contribution is -2.34. The predicted molar refractivity (Wildman–Crippen MR) is 85.1 cm³/mol. The normalized spacial score (nSPS) is 21.3. The van der Waals surface area contributed by atoms with Crippen molar-refractivity contribution < 1.29 is 4.79 Å². The molecular formula is C16H21N5O. The third-order valence-corrected chi connectivity index (χ3v) is 4.16. The van der Waals surface area contributed by atoms with Gasteiger partial charge in [-0.3, -0.25) is 4.79 Å². The first kappa shape index (κ1) is 14.6. The largest absolute Gasteiger partial charge is 0.384 e. The molecule has 1 aromatic carbocycles. The van der Waals surface area contributed by atoms with Crippen molar-refractivity contribution in [2.24, 2.45) is 5.73 Å². The number of aromatic nitrogens is 2. The lowest BCUT2D eigenvalue weighted by atomic mass is 9.95. The molecule has 2 atom stereocenters. The quantitative estimate of drug-likeness (QED) is 0.874. The molecule has 0 bridgehead atoms. The Hall–Kier alpha value is -2.34. The lowest BCUT2D eigenvalue weighted by Gasteiger charge is -2.17. The van der Waals surface area contributed by atoms with Gasteiger partial charge in [-0.15, -0.1) is 0 Å². The minimum absolute atomic E-state index is 0.00341. The van der Waals surface area contributed by atoms with Gasteiger partial charge in [-0.05, 0) is 12.5 Å². The van der Waals surface area contributed by atoms with Crippen molar-refractivity contribution in [2.75, 3.05) is 18.8 Å². The zero-order valence-corrected chi connectivity index (χ0v) is 12.6. The molecule has 22 heavy (non-hydrogen) atoms. The van der Waals surface area contributed by atoms with Gasteiger partial charge in [-0.1, -0.05) is 30.3 Å². The van der Waals surface area contributed by atoms with Crippen LogP contribution in [0, 0.1) is 6.92 Å². The second-order valence-electron chi connectivity index (χ2n) is 5.85. The Morgan fingerprint density at radius 1 is 1.32 bits per heavy atom. The number of aryl methyl sites for hydroxylation is 1. The molecule has 2 unspecified atom stereocenters. The maximum Gasteiger partial charge on any atom is 0.244 e. The van der Waals surface area contributed by atoms with E-state index >= 15 is 0 Å². The van der Waals surface area contributed by atoms with Crippen molar-refractivity contribution in [3.8, 4) is 0 Å². The van der Waals surface area contributed by atoms with E-state index in [4.69, 9.17) is 11.5 Å². The molecule has 2 heterocycles. The highest BCUT2D eigenvalue weighted by molar-refractivity contribution is 5.77. The Morgan fingerprint density at radius 3 is 2.68 bits per heavy atom. The van der Waals surface area contributed by atoms with Crippen molar-refractivity contribution in [2.45, 2.75) is 25.4 Å². The summed E-state index contributed by atoms with van der Waals surface area (Å²) in [6, 6.07) is 11.8. The number of nitrogens with zero attached hydrogens (tertiary/aromatic N) is 3. The van der Waals surface area contributed by atoms with Crippen LogP contribution in [0.15, 0.2) is 36.4 Å². The van der Waals surface area contributed by atoms with Gasteiger partial charge < -0.3 is 16.4 Å². The summed E-state index contributed by atoms with van der Waals surface area (Å²) in [5.41, 5.74) is 14.1. The van der Waals surface area contributed by atoms with E-state index in [9.17, 15) is 4.79 Å². The number of likely N-dealkylation sites (tertiary alicyclic amines) is 1. The maximum atomic E-state index is 12.5. The van der Waals surface area contributed by atoms with Crippen LogP contribution in [0.25, 0.3) is 0 Å². The molecule has 1 saturated heterocycles. The fraction of sp³-hybridized carbons (Fsp3) is 0.375. The van der Waals surface area contributed by atoms with Crippen molar-refractivity contribution in [1.29, 1.82) is 0 Å². The first-order valence-corrected chi connectivity index (χ1v) is 7.43. The van der Waals surface area contributed by atoms with E-state index < -0.39 is 0 Å². The molecule has 1 aromatic heterocycles. The van der Waals surface area contributed by atoms with Crippen LogP contribution in [-0.4, -0.2) is 39.7 Å².